The number of oxazole rings is 1. The summed E-state index contributed by atoms with van der Waals surface area (Å²) in [5.41, 5.74) is 1.21. The number of nitrogens with one attached hydrogen (secondary N) is 1. The molecule has 0 spiro atoms. The normalized spacial score (nSPS) is 22.9. The van der Waals surface area contributed by atoms with Crippen molar-refractivity contribution < 1.29 is 9.15 Å². The third-order valence-electron chi connectivity index (χ3n) is 3.76. The van der Waals surface area contributed by atoms with Crippen LogP contribution in [0.25, 0.3) is 0 Å². The Hall–Kier alpha value is -1.81. The average Bonchev–Trinajstić information content (AvgIpc) is 2.89. The van der Waals surface area contributed by atoms with Gasteiger partial charge in [0, 0.05) is 17.5 Å². The molecule has 106 valence electrons. The first-order valence-electron chi connectivity index (χ1n) is 7.05. The Morgan fingerprint density at radius 3 is 2.90 bits per heavy atom. The van der Waals surface area contributed by atoms with Crippen molar-refractivity contribution in [1.29, 1.82) is 0 Å². The van der Waals surface area contributed by atoms with Crippen LogP contribution >= 0.6 is 0 Å². The van der Waals surface area contributed by atoms with E-state index in [0.717, 1.165) is 24.0 Å². The van der Waals surface area contributed by atoms with Crippen molar-refractivity contribution in [2.45, 2.75) is 32.9 Å². The van der Waals surface area contributed by atoms with Gasteiger partial charge in [0.05, 0.1) is 18.8 Å². The van der Waals surface area contributed by atoms with E-state index in [-0.39, 0.29) is 12.1 Å². The Morgan fingerprint density at radius 2 is 2.15 bits per heavy atom. The first kappa shape index (κ1) is 13.2. The van der Waals surface area contributed by atoms with Gasteiger partial charge in [0.15, 0.2) is 0 Å². The fraction of sp³-hybridized carbons (Fsp3) is 0.438. The Balaban J connectivity index is 1.83. The highest BCUT2D eigenvalue weighted by atomic mass is 16.5. The second-order valence-corrected chi connectivity index (χ2v) is 5.50. The van der Waals surface area contributed by atoms with Crippen LogP contribution in [0.5, 0.6) is 5.75 Å². The van der Waals surface area contributed by atoms with Gasteiger partial charge in [-0.05, 0) is 19.9 Å². The molecule has 1 aromatic carbocycles. The van der Waals surface area contributed by atoms with E-state index in [0.29, 0.717) is 5.92 Å². The number of aryl methyl sites for hydroxylation is 1. The molecule has 4 heteroatoms. The number of hydrogen-bond donors (Lipinski definition) is 1. The molecule has 1 aliphatic heterocycles. The number of nitrogens with zero attached hydrogens (tertiary/aromatic N) is 1. The monoisotopic (exact) mass is 272 g/mol. The molecule has 1 N–H and O–H groups in total. The molecule has 0 aliphatic carbocycles. The van der Waals surface area contributed by atoms with Gasteiger partial charge in [-0.15, -0.1) is 0 Å². The van der Waals surface area contributed by atoms with Crippen LogP contribution in [0.15, 0.2) is 34.9 Å². The zero-order chi connectivity index (χ0) is 14.1. The standard InChI is InChI=1S/C16H20N2O2/c1-10-9-19-14-7-5-4-6-13(14)15(10)18-12(3)16-17-8-11(2)20-16/h4-8,10,12,15,18H,9H2,1-3H3. The van der Waals surface area contributed by atoms with Crippen molar-refractivity contribution in [2.24, 2.45) is 5.92 Å². The summed E-state index contributed by atoms with van der Waals surface area (Å²) in [6.45, 7) is 6.92. The average molecular weight is 272 g/mol. The minimum Gasteiger partial charge on any atom is -0.493 e. The predicted molar refractivity (Wildman–Crippen MR) is 76.6 cm³/mol. The minimum absolute atomic E-state index is 0.0716. The van der Waals surface area contributed by atoms with E-state index in [2.05, 4.69) is 36.3 Å². The molecule has 0 saturated heterocycles. The van der Waals surface area contributed by atoms with Crippen molar-refractivity contribution in [1.82, 2.24) is 10.3 Å². The predicted octanol–water partition coefficient (Wildman–Crippen LogP) is 3.40. The van der Waals surface area contributed by atoms with Gasteiger partial charge < -0.3 is 9.15 Å². The first-order valence-corrected chi connectivity index (χ1v) is 7.05. The van der Waals surface area contributed by atoms with Gasteiger partial charge in [-0.2, -0.15) is 0 Å². The van der Waals surface area contributed by atoms with Gasteiger partial charge in [-0.1, -0.05) is 25.1 Å². The molecule has 3 rings (SSSR count). The van der Waals surface area contributed by atoms with E-state index in [1.165, 1.54) is 5.56 Å². The lowest BCUT2D eigenvalue weighted by atomic mass is 9.91. The van der Waals surface area contributed by atoms with E-state index < -0.39 is 0 Å². The molecule has 2 aromatic rings. The van der Waals surface area contributed by atoms with Crippen molar-refractivity contribution in [3.63, 3.8) is 0 Å². The first-order chi connectivity index (χ1) is 9.65. The molecule has 1 aliphatic rings. The second kappa shape index (κ2) is 5.29. The molecule has 0 fully saturated rings. The molecule has 3 unspecified atom stereocenters. The van der Waals surface area contributed by atoms with Gasteiger partial charge in [0.1, 0.15) is 11.5 Å². The van der Waals surface area contributed by atoms with Crippen LogP contribution < -0.4 is 10.1 Å². The molecule has 0 radical (unpaired) electrons. The van der Waals surface area contributed by atoms with Crippen LogP contribution in [0.3, 0.4) is 0 Å². The highest BCUT2D eigenvalue weighted by molar-refractivity contribution is 5.38. The highest BCUT2D eigenvalue weighted by Gasteiger charge is 2.29. The third kappa shape index (κ3) is 2.43. The molecular formula is C16H20N2O2. The van der Waals surface area contributed by atoms with Gasteiger partial charge in [0.2, 0.25) is 5.89 Å². The van der Waals surface area contributed by atoms with Crippen molar-refractivity contribution >= 4 is 0 Å². The van der Waals surface area contributed by atoms with E-state index in [4.69, 9.17) is 9.15 Å². The van der Waals surface area contributed by atoms with E-state index in [1.807, 2.05) is 19.1 Å². The molecule has 2 heterocycles. The zero-order valence-electron chi connectivity index (χ0n) is 12.1. The van der Waals surface area contributed by atoms with Gasteiger partial charge >= 0.3 is 0 Å². The van der Waals surface area contributed by atoms with Crippen LogP contribution in [0, 0.1) is 12.8 Å². The maximum atomic E-state index is 5.78. The Bertz CT molecular complexity index is 594. The number of hydrogen-bond acceptors (Lipinski definition) is 4. The van der Waals surface area contributed by atoms with Crippen molar-refractivity contribution in [3.05, 3.63) is 47.7 Å². The van der Waals surface area contributed by atoms with Crippen molar-refractivity contribution in [2.75, 3.05) is 6.61 Å². The molecule has 4 nitrogen and oxygen atoms in total. The van der Waals surface area contributed by atoms with Crippen LogP contribution in [0.4, 0.5) is 0 Å². The van der Waals surface area contributed by atoms with Crippen LogP contribution in [-0.4, -0.2) is 11.6 Å². The third-order valence-corrected chi connectivity index (χ3v) is 3.76. The van der Waals surface area contributed by atoms with E-state index >= 15 is 0 Å². The Kier molecular flexibility index (Phi) is 3.49. The zero-order valence-corrected chi connectivity index (χ0v) is 12.1. The lowest BCUT2D eigenvalue weighted by molar-refractivity contribution is 0.178. The fourth-order valence-corrected chi connectivity index (χ4v) is 2.66. The number of para-hydroxylation sites is 1. The molecule has 3 atom stereocenters. The molecular weight excluding hydrogens is 252 g/mol. The fourth-order valence-electron chi connectivity index (χ4n) is 2.66. The van der Waals surface area contributed by atoms with E-state index in [9.17, 15) is 0 Å². The van der Waals surface area contributed by atoms with Gasteiger partial charge in [-0.25, -0.2) is 4.98 Å². The Morgan fingerprint density at radius 1 is 1.35 bits per heavy atom. The summed E-state index contributed by atoms with van der Waals surface area (Å²) in [5, 5.41) is 3.62. The number of rotatable bonds is 3. The molecule has 0 bridgehead atoms. The number of benzene rings is 1. The minimum atomic E-state index is 0.0716. The summed E-state index contributed by atoms with van der Waals surface area (Å²) >= 11 is 0. The number of ether oxygens (including phenoxy) is 1. The number of aromatic nitrogens is 1. The molecule has 0 amide bonds. The quantitative estimate of drug-likeness (QED) is 0.930. The largest absolute Gasteiger partial charge is 0.493 e. The molecule has 1 aromatic heterocycles. The van der Waals surface area contributed by atoms with Crippen LogP contribution in [-0.2, 0) is 0 Å². The summed E-state index contributed by atoms with van der Waals surface area (Å²) in [6.07, 6.45) is 1.76. The second-order valence-electron chi connectivity index (χ2n) is 5.50. The smallest absolute Gasteiger partial charge is 0.211 e. The van der Waals surface area contributed by atoms with E-state index in [1.54, 1.807) is 6.20 Å². The Labute approximate surface area is 119 Å². The van der Waals surface area contributed by atoms with Crippen LogP contribution in [0.2, 0.25) is 0 Å². The highest BCUT2D eigenvalue weighted by Crippen LogP contribution is 2.36. The molecule has 0 saturated carbocycles. The maximum absolute atomic E-state index is 5.78. The SMILES string of the molecule is Cc1cnc(C(C)NC2c3ccccc3OCC2C)o1. The summed E-state index contributed by atoms with van der Waals surface area (Å²) in [7, 11) is 0. The topological polar surface area (TPSA) is 47.3 Å². The summed E-state index contributed by atoms with van der Waals surface area (Å²) in [5.74, 6) is 2.95. The van der Waals surface area contributed by atoms with Crippen molar-refractivity contribution in [3.8, 4) is 5.75 Å². The van der Waals surface area contributed by atoms with Crippen LogP contribution in [0.1, 0.15) is 43.1 Å². The summed E-state index contributed by atoms with van der Waals surface area (Å²) in [4.78, 5) is 4.30. The summed E-state index contributed by atoms with van der Waals surface area (Å²) in [6, 6.07) is 8.53. The lowest BCUT2D eigenvalue weighted by Gasteiger charge is -2.33. The van der Waals surface area contributed by atoms with Gasteiger partial charge in [0.25, 0.3) is 0 Å². The maximum Gasteiger partial charge on any atom is 0.211 e. The lowest BCUT2D eigenvalue weighted by Crippen LogP contribution is -2.35. The van der Waals surface area contributed by atoms with Gasteiger partial charge in [-0.3, -0.25) is 5.32 Å². The summed E-state index contributed by atoms with van der Waals surface area (Å²) < 4.78 is 11.4. The number of fused-ring (bicyclic) bond motifs is 1. The molecule has 20 heavy (non-hydrogen) atoms.